The van der Waals surface area contributed by atoms with Crippen LogP contribution in [0.5, 0.6) is 0 Å². The highest BCUT2D eigenvalue weighted by molar-refractivity contribution is 6.31. The Morgan fingerprint density at radius 2 is 1.57 bits per heavy atom. The van der Waals surface area contributed by atoms with Crippen molar-refractivity contribution in [2.75, 3.05) is 0 Å². The zero-order valence-electron chi connectivity index (χ0n) is 3.97. The van der Waals surface area contributed by atoms with Crippen LogP contribution in [0.15, 0.2) is 0 Å². The molecule has 4 heteroatoms. The minimum Gasteiger partial charge on any atom is -0.476 e. The average Bonchev–Trinajstić information content (AvgIpc) is 1.36. The van der Waals surface area contributed by atoms with Crippen molar-refractivity contribution in [3.8, 4) is 0 Å². The molecule has 0 aliphatic heterocycles. The molecule has 0 aromatic heterocycles. The smallest absolute Gasteiger partial charge is 0.371 e. The maximum Gasteiger partial charge on any atom is 0.371 e. The quantitative estimate of drug-likeness (QED) is 0.360. The highest BCUT2D eigenvalue weighted by Crippen LogP contribution is 1.61. The third kappa shape index (κ3) is 5.91. The number of carboxylic acid groups (broad SMARTS) is 1. The van der Waals surface area contributed by atoms with E-state index in [2.05, 4.69) is 0 Å². The van der Waals surface area contributed by atoms with Crippen molar-refractivity contribution in [3.63, 3.8) is 0 Å². The summed E-state index contributed by atoms with van der Waals surface area (Å²) in [6, 6.07) is 0. The van der Waals surface area contributed by atoms with Gasteiger partial charge in [-0.25, -0.2) is 4.79 Å². The van der Waals surface area contributed by atoms with Gasteiger partial charge in [0, 0.05) is 30.0 Å². The first-order valence-electron chi connectivity index (χ1n) is 1.38. The second-order valence-electron chi connectivity index (χ2n) is 0.861. The average molecular weight is 112 g/mol. The zero-order chi connectivity index (χ0) is 5.15. The van der Waals surface area contributed by atoms with Crippen LogP contribution in [-0.4, -0.2) is 39.9 Å². The van der Waals surface area contributed by atoms with Crippen molar-refractivity contribution in [3.05, 3.63) is 0 Å². The van der Waals surface area contributed by atoms with Crippen LogP contribution < -0.4 is 0 Å². The van der Waals surface area contributed by atoms with Gasteiger partial charge in [0.15, 0.2) is 0 Å². The Kier molecular flexibility index (Phi) is 5.83. The van der Waals surface area contributed by atoms with E-state index < -0.39 is 11.8 Å². The van der Waals surface area contributed by atoms with E-state index in [-0.39, 0.29) is 23.1 Å². The summed E-state index contributed by atoms with van der Waals surface area (Å²) >= 11 is 0. The van der Waals surface area contributed by atoms with Crippen molar-refractivity contribution in [2.45, 2.75) is 6.92 Å². The maximum atomic E-state index is 9.54. The highest BCUT2D eigenvalue weighted by atomic mass is 24.3. The van der Waals surface area contributed by atoms with Gasteiger partial charge in [0.2, 0.25) is 5.78 Å². The number of hydrogen-bond acceptors (Lipinski definition) is 2. The van der Waals surface area contributed by atoms with E-state index in [0.717, 1.165) is 6.92 Å². The van der Waals surface area contributed by atoms with Crippen molar-refractivity contribution < 1.29 is 14.7 Å². The molecule has 0 spiro atoms. The van der Waals surface area contributed by atoms with Crippen molar-refractivity contribution in [2.24, 2.45) is 0 Å². The molecule has 0 aliphatic rings. The minimum absolute atomic E-state index is 0. The second kappa shape index (κ2) is 4.08. The summed E-state index contributed by atoms with van der Waals surface area (Å²) in [6.07, 6.45) is 0. The van der Waals surface area contributed by atoms with Crippen molar-refractivity contribution in [1.29, 1.82) is 0 Å². The van der Waals surface area contributed by atoms with Crippen LogP contribution in [0, 0.1) is 0 Å². The van der Waals surface area contributed by atoms with Gasteiger partial charge in [-0.15, -0.1) is 0 Å². The van der Waals surface area contributed by atoms with Crippen LogP contribution in [0.25, 0.3) is 0 Å². The van der Waals surface area contributed by atoms with Gasteiger partial charge in [0.25, 0.3) is 0 Å². The number of hydrogen-bond donors (Lipinski definition) is 1. The summed E-state index contributed by atoms with van der Waals surface area (Å²) in [5.74, 6) is -2.20. The van der Waals surface area contributed by atoms with Crippen LogP contribution in [0.3, 0.4) is 0 Å². The van der Waals surface area contributed by atoms with Crippen molar-refractivity contribution >= 4 is 34.8 Å². The molecule has 3 nitrogen and oxygen atoms in total. The van der Waals surface area contributed by atoms with Gasteiger partial charge in [-0.1, -0.05) is 0 Å². The summed E-state index contributed by atoms with van der Waals surface area (Å²) < 4.78 is 0. The first kappa shape index (κ1) is 10.0. The molecule has 0 saturated heterocycles. The monoisotopic (exact) mass is 112 g/mol. The lowest BCUT2D eigenvalue weighted by molar-refractivity contribution is -0.148. The fourth-order valence-corrected chi connectivity index (χ4v) is 0. The summed E-state index contributed by atoms with van der Waals surface area (Å²) in [5, 5.41) is 7.64. The standard InChI is InChI=1S/C3H4O3.Mg/c1-2(4)3(5)6;/h1H3,(H,5,6);. The number of carbonyl (C=O) groups is 2. The summed E-state index contributed by atoms with van der Waals surface area (Å²) in [6.45, 7) is 1.00. The molecule has 0 saturated carbocycles. The molecule has 2 radical (unpaired) electrons. The fraction of sp³-hybridized carbons (Fsp3) is 0.333. The van der Waals surface area contributed by atoms with Crippen molar-refractivity contribution in [1.82, 2.24) is 0 Å². The van der Waals surface area contributed by atoms with Crippen LogP contribution in [0.2, 0.25) is 0 Å². The Morgan fingerprint density at radius 1 is 1.43 bits per heavy atom. The molecular formula is C3H4MgO3. The number of carboxylic acids is 1. The SMILES string of the molecule is CC(=O)C(=O)O.[Mg]. The predicted molar refractivity (Wildman–Crippen MR) is 24.1 cm³/mol. The molecule has 0 aliphatic carbocycles. The van der Waals surface area contributed by atoms with Gasteiger partial charge in [-0.3, -0.25) is 4.79 Å². The Labute approximate surface area is 56.9 Å². The number of carbonyl (C=O) groups excluding carboxylic acids is 1. The molecule has 1 N–H and O–H groups in total. The van der Waals surface area contributed by atoms with E-state index in [1.54, 1.807) is 0 Å². The van der Waals surface area contributed by atoms with Crippen LogP contribution in [0.4, 0.5) is 0 Å². The number of aliphatic carboxylic acids is 1. The number of rotatable bonds is 1. The van der Waals surface area contributed by atoms with E-state index in [1.807, 2.05) is 0 Å². The van der Waals surface area contributed by atoms with E-state index >= 15 is 0 Å². The van der Waals surface area contributed by atoms with E-state index in [0.29, 0.717) is 0 Å². The van der Waals surface area contributed by atoms with Gasteiger partial charge in [0.05, 0.1) is 0 Å². The lowest BCUT2D eigenvalue weighted by Gasteiger charge is -1.73. The molecule has 0 unspecified atom stereocenters. The largest absolute Gasteiger partial charge is 0.476 e. The molecule has 0 bridgehead atoms. The van der Waals surface area contributed by atoms with Gasteiger partial charge < -0.3 is 5.11 Å². The molecule has 0 heterocycles. The molecular weight excluding hydrogens is 108 g/mol. The predicted octanol–water partition coefficient (Wildman–Crippen LogP) is -0.721. The molecule has 0 fully saturated rings. The van der Waals surface area contributed by atoms with Crippen LogP contribution >= 0.6 is 0 Å². The lowest BCUT2D eigenvalue weighted by atomic mass is 10.5. The van der Waals surface area contributed by atoms with E-state index in [4.69, 9.17) is 5.11 Å². The molecule has 0 amide bonds. The lowest BCUT2D eigenvalue weighted by Crippen LogP contribution is -2.05. The first-order chi connectivity index (χ1) is 2.64. The molecule has 0 aromatic rings. The van der Waals surface area contributed by atoms with Gasteiger partial charge in [0.1, 0.15) is 0 Å². The van der Waals surface area contributed by atoms with Crippen LogP contribution in [-0.2, 0) is 9.59 Å². The summed E-state index contributed by atoms with van der Waals surface area (Å²) in [5.41, 5.74) is 0. The van der Waals surface area contributed by atoms with E-state index in [1.165, 1.54) is 0 Å². The maximum absolute atomic E-state index is 9.54. The zero-order valence-corrected chi connectivity index (χ0v) is 5.39. The Bertz CT molecular complexity index is 76.2. The highest BCUT2D eigenvalue weighted by Gasteiger charge is 1.98. The normalized spacial score (nSPS) is 6.43. The molecule has 0 atom stereocenters. The summed E-state index contributed by atoms with van der Waals surface area (Å²) in [7, 11) is 0. The number of Topliss-reactive ketones (excluding diaryl/α,β-unsaturated/α-hetero) is 1. The minimum atomic E-state index is -1.38. The summed E-state index contributed by atoms with van der Waals surface area (Å²) in [4.78, 5) is 18.9. The molecule has 36 valence electrons. The number of ketones is 1. The van der Waals surface area contributed by atoms with Gasteiger partial charge in [-0.2, -0.15) is 0 Å². The molecule has 0 aromatic carbocycles. The van der Waals surface area contributed by atoms with Gasteiger partial charge in [-0.05, 0) is 0 Å². The third-order valence-corrected chi connectivity index (χ3v) is 0.301. The Balaban J connectivity index is 0. The fourth-order valence-electron chi connectivity index (χ4n) is 0. The van der Waals surface area contributed by atoms with E-state index in [9.17, 15) is 9.59 Å². The third-order valence-electron chi connectivity index (χ3n) is 0.301. The molecule has 0 rings (SSSR count). The second-order valence-corrected chi connectivity index (χ2v) is 0.861. The first-order valence-corrected chi connectivity index (χ1v) is 1.38. The van der Waals surface area contributed by atoms with Crippen LogP contribution in [0.1, 0.15) is 6.92 Å². The Hall–Kier alpha value is -0.0938. The Morgan fingerprint density at radius 3 is 1.57 bits per heavy atom. The topological polar surface area (TPSA) is 54.4 Å². The van der Waals surface area contributed by atoms with Gasteiger partial charge >= 0.3 is 5.97 Å². The molecule has 7 heavy (non-hydrogen) atoms.